The molecule has 0 aliphatic rings. The van der Waals surface area contributed by atoms with Gasteiger partial charge in [0.15, 0.2) is 0 Å². The zero-order valence-corrected chi connectivity index (χ0v) is 24.4. The van der Waals surface area contributed by atoms with Crippen molar-refractivity contribution >= 4 is 45.7 Å². The number of fused-ring (bicyclic) bond motifs is 1. The number of hydrogen-bond donors (Lipinski definition) is 3. The van der Waals surface area contributed by atoms with Gasteiger partial charge in [-0.1, -0.05) is 54.1 Å². The lowest BCUT2D eigenvalue weighted by atomic mass is 10.1. The van der Waals surface area contributed by atoms with Crippen LogP contribution in [-0.4, -0.2) is 52.3 Å². The van der Waals surface area contributed by atoms with Crippen LogP contribution in [0, 0.1) is 6.92 Å². The van der Waals surface area contributed by atoms with Crippen molar-refractivity contribution in [2.24, 2.45) is 0 Å². The fourth-order valence-corrected chi connectivity index (χ4v) is 4.72. The van der Waals surface area contributed by atoms with Gasteiger partial charge < -0.3 is 20.5 Å². The maximum Gasteiger partial charge on any atom is 0.255 e. The maximum absolute atomic E-state index is 13.2. The molecule has 2 heterocycles. The molecular formula is C33H31ClN6O2. The van der Waals surface area contributed by atoms with Gasteiger partial charge in [0.25, 0.3) is 5.91 Å². The van der Waals surface area contributed by atoms with Gasteiger partial charge in [0.1, 0.15) is 5.82 Å². The molecule has 2 aromatic heterocycles. The highest BCUT2D eigenvalue weighted by Crippen LogP contribution is 2.32. The summed E-state index contributed by atoms with van der Waals surface area (Å²) in [6.45, 7) is 2.59. The number of halogens is 1. The Morgan fingerprint density at radius 2 is 1.86 bits per heavy atom. The summed E-state index contributed by atoms with van der Waals surface area (Å²) in [5.74, 6) is 0.0815. The summed E-state index contributed by atoms with van der Waals surface area (Å²) in [5, 5.41) is 7.32. The third-order valence-corrected chi connectivity index (χ3v) is 6.96. The highest BCUT2D eigenvalue weighted by Gasteiger charge is 2.14. The largest absolute Gasteiger partial charge is 0.360 e. The van der Waals surface area contributed by atoms with Crippen LogP contribution < -0.4 is 10.6 Å². The van der Waals surface area contributed by atoms with Crippen LogP contribution in [0.1, 0.15) is 27.3 Å². The summed E-state index contributed by atoms with van der Waals surface area (Å²) in [6, 6.07) is 20.7. The molecule has 9 heteroatoms. The zero-order valence-electron chi connectivity index (χ0n) is 23.6. The zero-order chi connectivity index (χ0) is 29.6. The van der Waals surface area contributed by atoms with Crippen molar-refractivity contribution in [1.29, 1.82) is 0 Å². The molecule has 5 rings (SSSR count). The number of amides is 2. The van der Waals surface area contributed by atoms with E-state index in [1.54, 1.807) is 36.5 Å². The minimum atomic E-state index is -0.279. The molecule has 0 spiro atoms. The molecule has 0 aliphatic heterocycles. The van der Waals surface area contributed by atoms with Crippen molar-refractivity contribution in [3.63, 3.8) is 0 Å². The second-order valence-electron chi connectivity index (χ2n) is 10.2. The number of benzene rings is 3. The van der Waals surface area contributed by atoms with E-state index in [-0.39, 0.29) is 11.8 Å². The summed E-state index contributed by atoms with van der Waals surface area (Å²) < 4.78 is 0. The topological polar surface area (TPSA) is 103 Å². The van der Waals surface area contributed by atoms with Crippen molar-refractivity contribution in [3.8, 4) is 11.3 Å². The minimum Gasteiger partial charge on any atom is -0.360 e. The minimum absolute atomic E-state index is 0.254. The maximum atomic E-state index is 13.2. The Balaban J connectivity index is 1.30. The first-order valence-electron chi connectivity index (χ1n) is 13.5. The Hall–Kier alpha value is -4.79. The third kappa shape index (κ3) is 6.91. The van der Waals surface area contributed by atoms with E-state index in [0.29, 0.717) is 46.4 Å². The van der Waals surface area contributed by atoms with Crippen molar-refractivity contribution in [1.82, 2.24) is 19.9 Å². The van der Waals surface area contributed by atoms with E-state index in [9.17, 15) is 9.59 Å². The third-order valence-electron chi connectivity index (χ3n) is 6.68. The van der Waals surface area contributed by atoms with Crippen LogP contribution in [0.15, 0.2) is 91.3 Å². The fraction of sp³-hybridized carbons (Fsp3) is 0.152. The number of carbonyl (C=O) groups excluding carboxylic acids is 2. The van der Waals surface area contributed by atoms with E-state index in [4.69, 9.17) is 16.6 Å². The van der Waals surface area contributed by atoms with Gasteiger partial charge in [-0.2, -0.15) is 0 Å². The molecule has 0 bridgehead atoms. The van der Waals surface area contributed by atoms with Crippen molar-refractivity contribution in [2.45, 2.75) is 13.3 Å². The molecular weight excluding hydrogens is 548 g/mol. The smallest absolute Gasteiger partial charge is 0.255 e. The Morgan fingerprint density at radius 3 is 2.69 bits per heavy atom. The summed E-state index contributed by atoms with van der Waals surface area (Å²) in [5.41, 5.74) is 6.10. The molecule has 0 saturated carbocycles. The number of para-hydroxylation sites is 1. The second-order valence-corrected chi connectivity index (χ2v) is 10.7. The monoisotopic (exact) mass is 578 g/mol. The predicted molar refractivity (Wildman–Crippen MR) is 169 cm³/mol. The predicted octanol–water partition coefficient (Wildman–Crippen LogP) is 6.49. The van der Waals surface area contributed by atoms with Crippen molar-refractivity contribution < 1.29 is 9.59 Å². The number of aromatic nitrogens is 3. The SMILES string of the molecule is Cc1ccc(Cc2ncc(Cl)c(-c3c[nH]c4ccccc34)n2)cc1NC(=O)c1cccc(NC(=O)/C=C/CN(C)C)c1. The highest BCUT2D eigenvalue weighted by atomic mass is 35.5. The van der Waals surface area contributed by atoms with Crippen LogP contribution in [0.2, 0.25) is 5.02 Å². The normalized spacial score (nSPS) is 11.4. The lowest BCUT2D eigenvalue weighted by Crippen LogP contribution is -2.15. The van der Waals surface area contributed by atoms with Gasteiger partial charge >= 0.3 is 0 Å². The van der Waals surface area contributed by atoms with E-state index < -0.39 is 0 Å². The summed E-state index contributed by atoms with van der Waals surface area (Å²) in [4.78, 5) is 39.9. The van der Waals surface area contributed by atoms with E-state index in [1.165, 1.54) is 6.08 Å². The molecule has 0 atom stereocenters. The number of anilines is 2. The molecule has 0 saturated heterocycles. The molecule has 42 heavy (non-hydrogen) atoms. The van der Waals surface area contributed by atoms with E-state index in [2.05, 4.69) is 20.6 Å². The second kappa shape index (κ2) is 12.8. The Kier molecular flexibility index (Phi) is 8.76. The number of rotatable bonds is 9. The van der Waals surface area contributed by atoms with Gasteiger partial charge in [-0.15, -0.1) is 0 Å². The molecule has 8 nitrogen and oxygen atoms in total. The first-order chi connectivity index (χ1) is 20.3. The average molecular weight is 579 g/mol. The van der Waals surface area contributed by atoms with Crippen LogP contribution in [-0.2, 0) is 11.2 Å². The van der Waals surface area contributed by atoms with Crippen LogP contribution in [0.5, 0.6) is 0 Å². The van der Waals surface area contributed by atoms with E-state index in [0.717, 1.165) is 27.6 Å². The van der Waals surface area contributed by atoms with Crippen LogP contribution >= 0.6 is 11.6 Å². The lowest BCUT2D eigenvalue weighted by Gasteiger charge is -2.12. The molecule has 0 unspecified atom stereocenters. The molecule has 3 N–H and O–H groups in total. The number of hydrogen-bond acceptors (Lipinski definition) is 5. The van der Waals surface area contributed by atoms with Crippen LogP contribution in [0.25, 0.3) is 22.2 Å². The highest BCUT2D eigenvalue weighted by molar-refractivity contribution is 6.33. The van der Waals surface area contributed by atoms with Crippen LogP contribution in [0.4, 0.5) is 11.4 Å². The van der Waals surface area contributed by atoms with Gasteiger partial charge in [-0.3, -0.25) is 9.59 Å². The van der Waals surface area contributed by atoms with Crippen molar-refractivity contribution in [3.05, 3.63) is 119 Å². The van der Waals surface area contributed by atoms with E-state index >= 15 is 0 Å². The molecule has 212 valence electrons. The first kappa shape index (κ1) is 28.7. The number of likely N-dealkylation sites (N-methyl/N-ethyl adjacent to an activating group) is 1. The van der Waals surface area contributed by atoms with Crippen LogP contribution in [0.3, 0.4) is 0 Å². The van der Waals surface area contributed by atoms with Gasteiger partial charge in [0.2, 0.25) is 5.91 Å². The Bertz CT molecular complexity index is 1790. The number of H-pyrrole nitrogens is 1. The number of aromatic amines is 1. The molecule has 3 aromatic carbocycles. The number of nitrogens with one attached hydrogen (secondary N) is 3. The summed E-state index contributed by atoms with van der Waals surface area (Å²) in [7, 11) is 3.85. The lowest BCUT2D eigenvalue weighted by molar-refractivity contribution is -0.111. The van der Waals surface area contributed by atoms with E-state index in [1.807, 2.05) is 74.6 Å². The number of nitrogens with zero attached hydrogens (tertiary/aromatic N) is 3. The number of carbonyl (C=O) groups is 2. The average Bonchev–Trinajstić information content (AvgIpc) is 3.40. The molecule has 5 aromatic rings. The summed E-state index contributed by atoms with van der Waals surface area (Å²) >= 11 is 6.51. The van der Waals surface area contributed by atoms with Gasteiger partial charge in [0.05, 0.1) is 10.7 Å². The molecule has 2 amide bonds. The first-order valence-corrected chi connectivity index (χ1v) is 13.9. The quantitative estimate of drug-likeness (QED) is 0.174. The standard InChI is InChI=1S/C33H31ClN6O2/c1-21-13-14-22(17-30-36-20-27(34)32(39-30)26-19-35-28-11-5-4-10-25(26)28)16-29(21)38-33(42)23-8-6-9-24(18-23)37-31(41)12-7-15-40(2)3/h4-14,16,18-20,35H,15,17H2,1-3H3,(H,37,41)(H,38,42)/b12-7+. The van der Waals surface area contributed by atoms with Gasteiger partial charge in [0, 0.05) is 64.8 Å². The molecule has 0 radical (unpaired) electrons. The molecule has 0 fully saturated rings. The van der Waals surface area contributed by atoms with Gasteiger partial charge in [-0.05, 0) is 62.5 Å². The number of aryl methyl sites for hydroxylation is 1. The Labute approximate surface area is 249 Å². The molecule has 0 aliphatic carbocycles. The fourth-order valence-electron chi connectivity index (χ4n) is 4.53. The summed E-state index contributed by atoms with van der Waals surface area (Å²) in [6.07, 6.45) is 7.25. The van der Waals surface area contributed by atoms with Gasteiger partial charge in [-0.25, -0.2) is 9.97 Å². The van der Waals surface area contributed by atoms with Crippen molar-refractivity contribution in [2.75, 3.05) is 31.3 Å². The Morgan fingerprint density at radius 1 is 1.02 bits per heavy atom.